The van der Waals surface area contributed by atoms with Crippen LogP contribution in [0, 0.1) is 11.6 Å². The van der Waals surface area contributed by atoms with E-state index in [0.29, 0.717) is 5.65 Å². The molecule has 3 aromatic rings. The molecule has 0 spiro atoms. The zero-order chi connectivity index (χ0) is 15.1. The van der Waals surface area contributed by atoms with Crippen molar-refractivity contribution in [1.29, 1.82) is 0 Å². The van der Waals surface area contributed by atoms with E-state index in [-0.39, 0.29) is 22.0 Å². The summed E-state index contributed by atoms with van der Waals surface area (Å²) in [5, 5.41) is 16.2. The van der Waals surface area contributed by atoms with E-state index in [2.05, 4.69) is 10.2 Å². The highest BCUT2D eigenvalue weighted by molar-refractivity contribution is 6.30. The van der Waals surface area contributed by atoms with Crippen molar-refractivity contribution in [2.75, 3.05) is 0 Å². The Kier molecular flexibility index (Phi) is 3.06. The highest BCUT2D eigenvalue weighted by Gasteiger charge is 2.17. The second-order valence-corrected chi connectivity index (χ2v) is 4.63. The van der Waals surface area contributed by atoms with Crippen LogP contribution in [0.25, 0.3) is 17.0 Å². The molecular formula is C13H6ClF2N3O2. The minimum absolute atomic E-state index is 0.0128. The van der Waals surface area contributed by atoms with Crippen LogP contribution in [0.15, 0.2) is 30.5 Å². The first-order valence-electron chi connectivity index (χ1n) is 5.70. The lowest BCUT2D eigenvalue weighted by Gasteiger charge is -2.04. The van der Waals surface area contributed by atoms with Crippen LogP contribution in [0.4, 0.5) is 8.78 Å². The van der Waals surface area contributed by atoms with Gasteiger partial charge >= 0.3 is 5.97 Å². The molecule has 1 N–H and O–H groups in total. The van der Waals surface area contributed by atoms with E-state index in [1.54, 1.807) is 0 Å². The lowest BCUT2D eigenvalue weighted by Crippen LogP contribution is -2.00. The second-order valence-electron chi connectivity index (χ2n) is 4.22. The van der Waals surface area contributed by atoms with Gasteiger partial charge in [0.1, 0.15) is 11.6 Å². The van der Waals surface area contributed by atoms with Gasteiger partial charge in [0.25, 0.3) is 0 Å². The molecule has 3 rings (SSSR count). The molecule has 0 amide bonds. The molecule has 0 aliphatic heterocycles. The number of carboxylic acids is 1. The first-order valence-corrected chi connectivity index (χ1v) is 6.08. The van der Waals surface area contributed by atoms with Crippen molar-refractivity contribution in [2.45, 2.75) is 0 Å². The maximum absolute atomic E-state index is 13.9. The van der Waals surface area contributed by atoms with Crippen LogP contribution >= 0.6 is 11.6 Å². The van der Waals surface area contributed by atoms with Crippen LogP contribution in [-0.4, -0.2) is 25.7 Å². The number of hydrogen-bond donors (Lipinski definition) is 1. The first-order chi connectivity index (χ1) is 9.97. The summed E-state index contributed by atoms with van der Waals surface area (Å²) >= 11 is 5.50. The van der Waals surface area contributed by atoms with Crippen molar-refractivity contribution in [3.05, 3.63) is 52.7 Å². The van der Waals surface area contributed by atoms with Gasteiger partial charge < -0.3 is 5.11 Å². The Morgan fingerprint density at radius 1 is 1.19 bits per heavy atom. The van der Waals surface area contributed by atoms with Crippen molar-refractivity contribution in [3.63, 3.8) is 0 Å². The number of pyridine rings is 1. The average molecular weight is 310 g/mol. The third-order valence-electron chi connectivity index (χ3n) is 2.90. The van der Waals surface area contributed by atoms with Crippen molar-refractivity contribution >= 4 is 23.2 Å². The Balaban J connectivity index is 2.27. The molecule has 2 aromatic heterocycles. The summed E-state index contributed by atoms with van der Waals surface area (Å²) in [6.45, 7) is 0. The van der Waals surface area contributed by atoms with Gasteiger partial charge in [-0.05, 0) is 24.3 Å². The molecule has 106 valence electrons. The molecule has 0 fully saturated rings. The fourth-order valence-electron chi connectivity index (χ4n) is 1.89. The van der Waals surface area contributed by atoms with Crippen LogP contribution in [0.2, 0.25) is 5.02 Å². The molecule has 5 nitrogen and oxygen atoms in total. The zero-order valence-corrected chi connectivity index (χ0v) is 11.0. The SMILES string of the molecule is O=C(O)c1ccc2nnc(-c3cc(F)c(Cl)cc3F)n2c1. The van der Waals surface area contributed by atoms with Crippen LogP contribution in [0.5, 0.6) is 0 Å². The predicted molar refractivity (Wildman–Crippen MR) is 70.3 cm³/mol. The van der Waals surface area contributed by atoms with Crippen molar-refractivity contribution in [3.8, 4) is 11.4 Å². The number of carbonyl (C=O) groups is 1. The molecule has 0 saturated heterocycles. The number of aromatic carboxylic acids is 1. The van der Waals surface area contributed by atoms with Gasteiger partial charge in [-0.15, -0.1) is 10.2 Å². The third kappa shape index (κ3) is 2.21. The fourth-order valence-corrected chi connectivity index (χ4v) is 2.05. The lowest BCUT2D eigenvalue weighted by atomic mass is 10.2. The summed E-state index contributed by atoms with van der Waals surface area (Å²) in [6, 6.07) is 4.48. The van der Waals surface area contributed by atoms with E-state index in [9.17, 15) is 13.6 Å². The zero-order valence-electron chi connectivity index (χ0n) is 10.2. The van der Waals surface area contributed by atoms with Gasteiger partial charge in [-0.25, -0.2) is 13.6 Å². The number of nitrogens with zero attached hydrogens (tertiary/aromatic N) is 3. The third-order valence-corrected chi connectivity index (χ3v) is 3.19. The van der Waals surface area contributed by atoms with Crippen LogP contribution in [0.1, 0.15) is 10.4 Å². The summed E-state index contributed by atoms with van der Waals surface area (Å²) in [5.41, 5.74) is 0.120. The second kappa shape index (κ2) is 4.78. The molecular weight excluding hydrogens is 304 g/mol. The average Bonchev–Trinajstić information content (AvgIpc) is 2.85. The monoisotopic (exact) mass is 309 g/mol. The topological polar surface area (TPSA) is 67.5 Å². The summed E-state index contributed by atoms with van der Waals surface area (Å²) in [6.07, 6.45) is 1.24. The Hall–Kier alpha value is -2.54. The quantitative estimate of drug-likeness (QED) is 0.739. The molecule has 0 radical (unpaired) electrons. The van der Waals surface area contributed by atoms with E-state index in [1.165, 1.54) is 22.7 Å². The molecule has 0 aliphatic carbocycles. The van der Waals surface area contributed by atoms with Crippen molar-refractivity contribution in [1.82, 2.24) is 14.6 Å². The molecule has 1 aromatic carbocycles. The number of hydrogen-bond acceptors (Lipinski definition) is 3. The van der Waals surface area contributed by atoms with Gasteiger partial charge in [0, 0.05) is 6.20 Å². The Morgan fingerprint density at radius 2 is 1.95 bits per heavy atom. The number of aromatic nitrogens is 3. The molecule has 0 bridgehead atoms. The summed E-state index contributed by atoms with van der Waals surface area (Å²) in [5.74, 6) is -2.75. The van der Waals surface area contributed by atoms with Crippen LogP contribution in [0.3, 0.4) is 0 Å². The van der Waals surface area contributed by atoms with E-state index in [1.807, 2.05) is 0 Å². The lowest BCUT2D eigenvalue weighted by molar-refractivity contribution is 0.0696. The summed E-state index contributed by atoms with van der Waals surface area (Å²) < 4.78 is 28.7. The highest BCUT2D eigenvalue weighted by Crippen LogP contribution is 2.27. The molecule has 21 heavy (non-hydrogen) atoms. The summed E-state index contributed by atoms with van der Waals surface area (Å²) in [4.78, 5) is 11.0. The molecule has 2 heterocycles. The molecule has 0 aliphatic rings. The standard InChI is InChI=1S/C13H6ClF2N3O2/c14-8-4-9(15)7(3-10(8)16)12-18-17-11-2-1-6(13(20)21)5-19(11)12/h1-5H,(H,20,21). The number of fused-ring (bicyclic) bond motifs is 1. The summed E-state index contributed by atoms with van der Waals surface area (Å²) in [7, 11) is 0. The normalized spacial score (nSPS) is 11.0. The number of benzene rings is 1. The first kappa shape index (κ1) is 13.4. The Bertz CT molecular complexity index is 879. The van der Waals surface area contributed by atoms with E-state index < -0.39 is 17.6 Å². The smallest absolute Gasteiger partial charge is 0.337 e. The van der Waals surface area contributed by atoms with Crippen LogP contribution < -0.4 is 0 Å². The van der Waals surface area contributed by atoms with E-state index >= 15 is 0 Å². The molecule has 0 saturated carbocycles. The predicted octanol–water partition coefficient (Wildman–Crippen LogP) is 3.03. The van der Waals surface area contributed by atoms with Gasteiger partial charge in [-0.3, -0.25) is 4.40 Å². The molecule has 0 atom stereocenters. The Morgan fingerprint density at radius 3 is 2.67 bits per heavy atom. The highest BCUT2D eigenvalue weighted by atomic mass is 35.5. The number of rotatable bonds is 2. The van der Waals surface area contributed by atoms with Gasteiger partial charge in [-0.1, -0.05) is 11.6 Å². The van der Waals surface area contributed by atoms with E-state index in [4.69, 9.17) is 16.7 Å². The number of carboxylic acid groups (broad SMARTS) is 1. The van der Waals surface area contributed by atoms with Gasteiger partial charge in [-0.2, -0.15) is 0 Å². The molecule has 0 unspecified atom stereocenters. The van der Waals surface area contributed by atoms with Crippen LogP contribution in [-0.2, 0) is 0 Å². The van der Waals surface area contributed by atoms with Crippen molar-refractivity contribution in [2.24, 2.45) is 0 Å². The van der Waals surface area contributed by atoms with Gasteiger partial charge in [0.15, 0.2) is 11.5 Å². The van der Waals surface area contributed by atoms with E-state index in [0.717, 1.165) is 12.1 Å². The van der Waals surface area contributed by atoms with Crippen molar-refractivity contribution < 1.29 is 18.7 Å². The fraction of sp³-hybridized carbons (Fsp3) is 0. The number of halogens is 3. The minimum Gasteiger partial charge on any atom is -0.478 e. The largest absolute Gasteiger partial charge is 0.478 e. The van der Waals surface area contributed by atoms with Gasteiger partial charge in [0.05, 0.1) is 16.1 Å². The maximum Gasteiger partial charge on any atom is 0.337 e. The maximum atomic E-state index is 13.9. The molecule has 8 heteroatoms. The van der Waals surface area contributed by atoms with Gasteiger partial charge in [0.2, 0.25) is 0 Å². The minimum atomic E-state index is -1.15. The Labute approximate surface area is 121 Å².